The van der Waals surface area contributed by atoms with Crippen LogP contribution in [0.4, 0.5) is 0 Å². The quantitative estimate of drug-likeness (QED) is 0.400. The van der Waals surface area contributed by atoms with E-state index < -0.39 is 0 Å². The lowest BCUT2D eigenvalue weighted by Gasteiger charge is -2.11. The summed E-state index contributed by atoms with van der Waals surface area (Å²) in [6.07, 6.45) is 1.77. The summed E-state index contributed by atoms with van der Waals surface area (Å²) in [4.78, 5) is 4.27. The maximum atomic E-state index is 5.81. The fraction of sp³-hybridized carbons (Fsp3) is 0.174. The molecule has 0 aliphatic rings. The maximum absolute atomic E-state index is 5.81. The van der Waals surface area contributed by atoms with E-state index in [1.54, 1.807) is 18.0 Å². The van der Waals surface area contributed by atoms with Crippen molar-refractivity contribution in [3.05, 3.63) is 95.6 Å². The molecular weight excluding hydrogens is 380 g/mol. The van der Waals surface area contributed by atoms with Gasteiger partial charge in [0, 0.05) is 11.9 Å². The molecule has 0 saturated carbocycles. The molecule has 2 aromatic heterocycles. The maximum Gasteiger partial charge on any atom is 0.196 e. The molecule has 0 unspecified atom stereocenters. The van der Waals surface area contributed by atoms with Gasteiger partial charge in [-0.25, -0.2) is 0 Å². The number of benzene rings is 2. The van der Waals surface area contributed by atoms with Crippen molar-refractivity contribution in [3.63, 3.8) is 0 Å². The van der Waals surface area contributed by atoms with Crippen LogP contribution in [0, 0.1) is 13.8 Å². The van der Waals surface area contributed by atoms with E-state index in [9.17, 15) is 0 Å². The predicted molar refractivity (Wildman–Crippen MR) is 115 cm³/mol. The second kappa shape index (κ2) is 8.92. The van der Waals surface area contributed by atoms with Crippen molar-refractivity contribution >= 4 is 11.8 Å². The van der Waals surface area contributed by atoms with Crippen molar-refractivity contribution in [3.8, 4) is 11.4 Å². The first kappa shape index (κ1) is 19.2. The lowest BCUT2D eigenvalue weighted by atomic mass is 10.2. The Kier molecular flexibility index (Phi) is 5.91. The third kappa shape index (κ3) is 4.66. The second-order valence-electron chi connectivity index (χ2n) is 6.69. The molecule has 29 heavy (non-hydrogen) atoms. The molecule has 0 bridgehead atoms. The summed E-state index contributed by atoms with van der Waals surface area (Å²) >= 11 is 1.68. The first-order valence-electron chi connectivity index (χ1n) is 9.43. The van der Waals surface area contributed by atoms with E-state index in [1.165, 1.54) is 11.1 Å². The summed E-state index contributed by atoms with van der Waals surface area (Å²) in [5, 5.41) is 9.55. The van der Waals surface area contributed by atoms with Crippen LogP contribution in [0.5, 0.6) is 5.75 Å². The Labute approximate surface area is 174 Å². The fourth-order valence-electron chi connectivity index (χ4n) is 3.00. The van der Waals surface area contributed by atoms with E-state index in [-0.39, 0.29) is 0 Å². The number of para-hydroxylation sites is 1. The number of aromatic nitrogens is 4. The topological polar surface area (TPSA) is 52.8 Å². The van der Waals surface area contributed by atoms with Crippen molar-refractivity contribution in [1.29, 1.82) is 0 Å². The Morgan fingerprint density at radius 1 is 0.897 bits per heavy atom. The average molecular weight is 403 g/mol. The predicted octanol–water partition coefficient (Wildman–Crippen LogP) is 5.15. The highest BCUT2D eigenvalue weighted by molar-refractivity contribution is 7.98. The largest absolute Gasteiger partial charge is 0.487 e. The van der Waals surface area contributed by atoms with Crippen molar-refractivity contribution in [2.45, 2.75) is 31.4 Å². The molecule has 0 radical (unpaired) electrons. The van der Waals surface area contributed by atoms with Gasteiger partial charge in [-0.05, 0) is 55.3 Å². The third-order valence-electron chi connectivity index (χ3n) is 4.56. The Morgan fingerprint density at radius 2 is 1.69 bits per heavy atom. The molecule has 5 nitrogen and oxygen atoms in total. The lowest BCUT2D eigenvalue weighted by Crippen LogP contribution is -2.01. The molecule has 4 rings (SSSR count). The van der Waals surface area contributed by atoms with Gasteiger partial charge in [-0.15, -0.1) is 10.2 Å². The molecule has 0 saturated heterocycles. The number of aryl methyl sites for hydroxylation is 2. The average Bonchev–Trinajstić information content (AvgIpc) is 3.13. The van der Waals surface area contributed by atoms with Crippen LogP contribution in [0.2, 0.25) is 0 Å². The van der Waals surface area contributed by atoms with Gasteiger partial charge in [-0.3, -0.25) is 9.55 Å². The van der Waals surface area contributed by atoms with Crippen molar-refractivity contribution in [2.24, 2.45) is 0 Å². The number of hydrogen-bond acceptors (Lipinski definition) is 5. The van der Waals surface area contributed by atoms with Crippen LogP contribution in [0.25, 0.3) is 5.69 Å². The smallest absolute Gasteiger partial charge is 0.196 e. The van der Waals surface area contributed by atoms with Crippen molar-refractivity contribution in [2.75, 3.05) is 0 Å². The number of rotatable bonds is 7. The Bertz CT molecular complexity index is 1080. The van der Waals surface area contributed by atoms with Gasteiger partial charge in [0.1, 0.15) is 18.2 Å². The lowest BCUT2D eigenvalue weighted by molar-refractivity contribution is 0.301. The number of nitrogens with zero attached hydrogens (tertiary/aromatic N) is 4. The highest BCUT2D eigenvalue weighted by Crippen LogP contribution is 2.27. The van der Waals surface area contributed by atoms with Gasteiger partial charge in [0.05, 0.1) is 11.4 Å². The zero-order valence-corrected chi connectivity index (χ0v) is 17.3. The third-order valence-corrected chi connectivity index (χ3v) is 5.56. The summed E-state index contributed by atoms with van der Waals surface area (Å²) in [5.41, 5.74) is 4.44. The fourth-order valence-corrected chi connectivity index (χ4v) is 3.94. The van der Waals surface area contributed by atoms with Crippen LogP contribution in [0.3, 0.4) is 0 Å². The van der Waals surface area contributed by atoms with Gasteiger partial charge in [0.2, 0.25) is 0 Å². The van der Waals surface area contributed by atoms with E-state index in [0.717, 1.165) is 33.9 Å². The van der Waals surface area contributed by atoms with Crippen LogP contribution in [-0.4, -0.2) is 19.7 Å². The molecule has 0 atom stereocenters. The van der Waals surface area contributed by atoms with E-state index in [0.29, 0.717) is 6.61 Å². The SMILES string of the molecule is Cc1ccccc1-n1c(C)nnc1SCc1ccc(OCc2ccccn2)cc1. The normalized spacial score (nSPS) is 10.8. The molecule has 0 aliphatic heterocycles. The minimum atomic E-state index is 0.466. The Morgan fingerprint density at radius 3 is 2.45 bits per heavy atom. The zero-order valence-electron chi connectivity index (χ0n) is 16.4. The first-order chi connectivity index (χ1) is 14.2. The minimum Gasteiger partial charge on any atom is -0.487 e. The van der Waals surface area contributed by atoms with Crippen LogP contribution in [-0.2, 0) is 12.4 Å². The van der Waals surface area contributed by atoms with E-state index >= 15 is 0 Å². The summed E-state index contributed by atoms with van der Waals surface area (Å²) in [7, 11) is 0. The van der Waals surface area contributed by atoms with Gasteiger partial charge in [0.15, 0.2) is 5.16 Å². The van der Waals surface area contributed by atoms with E-state index in [2.05, 4.69) is 50.9 Å². The van der Waals surface area contributed by atoms with Crippen LogP contribution < -0.4 is 4.74 Å². The molecule has 0 aliphatic carbocycles. The molecule has 0 N–H and O–H groups in total. The van der Waals surface area contributed by atoms with Gasteiger partial charge in [0.25, 0.3) is 0 Å². The van der Waals surface area contributed by atoms with Gasteiger partial charge < -0.3 is 4.74 Å². The monoisotopic (exact) mass is 402 g/mol. The molecule has 2 aromatic carbocycles. The van der Waals surface area contributed by atoms with Crippen molar-refractivity contribution in [1.82, 2.24) is 19.7 Å². The van der Waals surface area contributed by atoms with Crippen LogP contribution in [0.15, 0.2) is 78.1 Å². The molecule has 0 amide bonds. The summed E-state index contributed by atoms with van der Waals surface area (Å²) in [6.45, 7) is 4.55. The second-order valence-corrected chi connectivity index (χ2v) is 7.64. The summed E-state index contributed by atoms with van der Waals surface area (Å²) < 4.78 is 7.92. The first-order valence-corrected chi connectivity index (χ1v) is 10.4. The van der Waals surface area contributed by atoms with Crippen LogP contribution >= 0.6 is 11.8 Å². The van der Waals surface area contributed by atoms with Gasteiger partial charge >= 0.3 is 0 Å². The number of hydrogen-bond donors (Lipinski definition) is 0. The summed E-state index contributed by atoms with van der Waals surface area (Å²) in [5.74, 6) is 2.54. The van der Waals surface area contributed by atoms with E-state index in [4.69, 9.17) is 4.74 Å². The van der Waals surface area contributed by atoms with Gasteiger partial charge in [-0.1, -0.05) is 48.2 Å². The van der Waals surface area contributed by atoms with Crippen molar-refractivity contribution < 1.29 is 4.74 Å². The van der Waals surface area contributed by atoms with Crippen LogP contribution in [0.1, 0.15) is 22.6 Å². The molecule has 0 spiro atoms. The standard InChI is InChI=1S/C23H22N4OS/c1-17-7-3-4-9-22(17)27-18(2)25-26-23(27)29-16-19-10-12-21(13-11-19)28-15-20-8-5-6-14-24-20/h3-14H,15-16H2,1-2H3. The highest BCUT2D eigenvalue weighted by Gasteiger charge is 2.13. The Hall–Kier alpha value is -3.12. The minimum absolute atomic E-state index is 0.466. The number of ether oxygens (including phenoxy) is 1. The number of pyridine rings is 1. The highest BCUT2D eigenvalue weighted by atomic mass is 32.2. The molecule has 2 heterocycles. The molecule has 4 aromatic rings. The molecule has 6 heteroatoms. The van der Waals surface area contributed by atoms with E-state index in [1.807, 2.05) is 49.4 Å². The van der Waals surface area contributed by atoms with Gasteiger partial charge in [-0.2, -0.15) is 0 Å². The Balaban J connectivity index is 1.41. The number of thioether (sulfide) groups is 1. The zero-order chi connectivity index (χ0) is 20.1. The molecule has 0 fully saturated rings. The molecule has 146 valence electrons. The molecular formula is C23H22N4OS. The summed E-state index contributed by atoms with van der Waals surface area (Å²) in [6, 6.07) is 22.3.